The zero-order chi connectivity index (χ0) is 17.8. The summed E-state index contributed by atoms with van der Waals surface area (Å²) in [5, 5.41) is 7.14. The fraction of sp³-hybridized carbons (Fsp3) is 0.389. The summed E-state index contributed by atoms with van der Waals surface area (Å²) in [7, 11) is 1.80. The number of carbonyl (C=O) groups is 1. The van der Waals surface area contributed by atoms with E-state index in [-0.39, 0.29) is 12.1 Å². The number of imidazole rings is 1. The Morgan fingerprint density at radius 3 is 3.04 bits per heavy atom. The van der Waals surface area contributed by atoms with Gasteiger partial charge in [0.15, 0.2) is 0 Å². The summed E-state index contributed by atoms with van der Waals surface area (Å²) in [5.74, 6) is 0.763. The van der Waals surface area contributed by atoms with E-state index in [1.165, 1.54) is 5.56 Å². The van der Waals surface area contributed by atoms with Crippen molar-refractivity contribution in [3.8, 4) is 0 Å². The minimum atomic E-state index is -0.186. The van der Waals surface area contributed by atoms with E-state index in [0.717, 1.165) is 29.8 Å². The highest BCUT2D eigenvalue weighted by Gasteiger charge is 2.16. The van der Waals surface area contributed by atoms with Crippen molar-refractivity contribution >= 4 is 17.1 Å². The number of aromatic nitrogens is 4. The minimum Gasteiger partial charge on any atom is -0.340 e. The van der Waals surface area contributed by atoms with Crippen molar-refractivity contribution in [2.24, 2.45) is 0 Å². The van der Waals surface area contributed by atoms with Crippen LogP contribution in [0.4, 0.5) is 4.79 Å². The number of amides is 2. The van der Waals surface area contributed by atoms with Crippen molar-refractivity contribution in [2.45, 2.75) is 32.9 Å². The second-order valence-electron chi connectivity index (χ2n) is 6.36. The molecule has 1 aromatic carbocycles. The molecule has 0 spiro atoms. The smallest absolute Gasteiger partial charge is 0.317 e. The standard InChI is InChI=1S/C18H24N6O/c1-13-6-7-15-16(12-13)22-17(21-15)14(2)20-18(25)23(3)9-5-11-24-10-4-8-19-24/h4,6-8,10,12,14H,5,9,11H2,1-3H3,(H,20,25)(H,21,22)/t14-/m0/s1. The Labute approximate surface area is 147 Å². The van der Waals surface area contributed by atoms with Crippen LogP contribution in [0.3, 0.4) is 0 Å². The van der Waals surface area contributed by atoms with Crippen LogP contribution in [-0.4, -0.2) is 44.3 Å². The lowest BCUT2D eigenvalue weighted by atomic mass is 10.2. The van der Waals surface area contributed by atoms with Gasteiger partial charge in [-0.05, 0) is 44.0 Å². The van der Waals surface area contributed by atoms with Gasteiger partial charge in [0.05, 0.1) is 17.1 Å². The van der Waals surface area contributed by atoms with Crippen LogP contribution in [0, 0.1) is 6.92 Å². The zero-order valence-corrected chi connectivity index (χ0v) is 14.9. The number of aryl methyl sites for hydroxylation is 2. The Balaban J connectivity index is 1.53. The first-order valence-electron chi connectivity index (χ1n) is 8.48. The first-order valence-corrected chi connectivity index (χ1v) is 8.48. The third kappa shape index (κ3) is 4.17. The molecule has 3 aromatic rings. The van der Waals surface area contributed by atoms with Gasteiger partial charge >= 0.3 is 6.03 Å². The fourth-order valence-corrected chi connectivity index (χ4v) is 2.72. The zero-order valence-electron chi connectivity index (χ0n) is 14.9. The number of hydrogen-bond donors (Lipinski definition) is 2. The molecule has 2 N–H and O–H groups in total. The molecule has 0 radical (unpaired) electrons. The predicted molar refractivity (Wildman–Crippen MR) is 97.3 cm³/mol. The molecular weight excluding hydrogens is 316 g/mol. The number of aromatic amines is 1. The lowest BCUT2D eigenvalue weighted by molar-refractivity contribution is 0.203. The molecule has 25 heavy (non-hydrogen) atoms. The number of fused-ring (bicyclic) bond motifs is 1. The highest BCUT2D eigenvalue weighted by molar-refractivity contribution is 5.77. The van der Waals surface area contributed by atoms with Crippen LogP contribution in [-0.2, 0) is 6.54 Å². The molecule has 0 unspecified atom stereocenters. The van der Waals surface area contributed by atoms with Gasteiger partial charge < -0.3 is 15.2 Å². The van der Waals surface area contributed by atoms with Crippen LogP contribution in [0.2, 0.25) is 0 Å². The van der Waals surface area contributed by atoms with Crippen LogP contribution in [0.25, 0.3) is 11.0 Å². The van der Waals surface area contributed by atoms with Gasteiger partial charge in [0.25, 0.3) is 0 Å². The van der Waals surface area contributed by atoms with Gasteiger partial charge in [-0.15, -0.1) is 0 Å². The number of benzene rings is 1. The average Bonchev–Trinajstić information content (AvgIpc) is 3.23. The Kier molecular flexibility index (Phi) is 5.02. The summed E-state index contributed by atoms with van der Waals surface area (Å²) >= 11 is 0. The van der Waals surface area contributed by atoms with Gasteiger partial charge in [0, 0.05) is 32.5 Å². The van der Waals surface area contributed by atoms with Gasteiger partial charge in [-0.1, -0.05) is 6.07 Å². The molecular formula is C18H24N6O. The van der Waals surface area contributed by atoms with E-state index in [0.29, 0.717) is 6.54 Å². The van der Waals surface area contributed by atoms with Crippen LogP contribution in [0.1, 0.15) is 30.8 Å². The normalized spacial score (nSPS) is 12.3. The van der Waals surface area contributed by atoms with Crippen molar-refractivity contribution in [1.82, 2.24) is 30.0 Å². The third-order valence-electron chi connectivity index (χ3n) is 4.19. The first kappa shape index (κ1) is 17.0. The molecule has 0 bridgehead atoms. The molecule has 0 fully saturated rings. The Bertz CT molecular complexity index is 839. The van der Waals surface area contributed by atoms with Gasteiger partial charge in [0.1, 0.15) is 5.82 Å². The van der Waals surface area contributed by atoms with Gasteiger partial charge in [-0.3, -0.25) is 4.68 Å². The molecule has 1 atom stereocenters. The topological polar surface area (TPSA) is 78.8 Å². The number of H-pyrrole nitrogens is 1. The predicted octanol–water partition coefficient (Wildman–Crippen LogP) is 2.86. The first-order chi connectivity index (χ1) is 12.0. The van der Waals surface area contributed by atoms with Crippen molar-refractivity contribution in [3.05, 3.63) is 48.0 Å². The SMILES string of the molecule is Cc1ccc2nc([C@H](C)NC(=O)N(C)CCCn3cccn3)[nH]c2c1. The molecule has 2 amide bonds. The van der Waals surface area contributed by atoms with Crippen LogP contribution in [0.15, 0.2) is 36.7 Å². The maximum Gasteiger partial charge on any atom is 0.317 e. The number of urea groups is 1. The molecule has 2 aromatic heterocycles. The van der Waals surface area contributed by atoms with Gasteiger partial charge in [-0.2, -0.15) is 5.10 Å². The highest BCUT2D eigenvalue weighted by atomic mass is 16.2. The lowest BCUT2D eigenvalue weighted by Crippen LogP contribution is -2.39. The molecule has 0 aliphatic rings. The Morgan fingerprint density at radius 2 is 2.28 bits per heavy atom. The number of nitrogens with one attached hydrogen (secondary N) is 2. The third-order valence-corrected chi connectivity index (χ3v) is 4.19. The summed E-state index contributed by atoms with van der Waals surface area (Å²) in [6, 6.07) is 7.68. The number of nitrogens with zero attached hydrogens (tertiary/aromatic N) is 4. The van der Waals surface area contributed by atoms with E-state index in [4.69, 9.17) is 0 Å². The molecule has 3 rings (SSSR count). The molecule has 0 saturated carbocycles. The molecule has 0 aliphatic heterocycles. The van der Waals surface area contributed by atoms with E-state index < -0.39 is 0 Å². The summed E-state index contributed by atoms with van der Waals surface area (Å²) in [4.78, 5) is 21.9. The second-order valence-corrected chi connectivity index (χ2v) is 6.36. The van der Waals surface area contributed by atoms with Crippen molar-refractivity contribution in [2.75, 3.05) is 13.6 Å². The Morgan fingerprint density at radius 1 is 1.44 bits per heavy atom. The van der Waals surface area contributed by atoms with Crippen LogP contribution < -0.4 is 5.32 Å². The van der Waals surface area contributed by atoms with Crippen LogP contribution in [0.5, 0.6) is 0 Å². The highest BCUT2D eigenvalue weighted by Crippen LogP contribution is 2.17. The largest absolute Gasteiger partial charge is 0.340 e. The average molecular weight is 340 g/mol. The van der Waals surface area contributed by atoms with Crippen molar-refractivity contribution < 1.29 is 4.79 Å². The molecule has 132 valence electrons. The van der Waals surface area contributed by atoms with E-state index >= 15 is 0 Å². The second kappa shape index (κ2) is 7.38. The Hall–Kier alpha value is -2.83. The van der Waals surface area contributed by atoms with E-state index in [9.17, 15) is 4.79 Å². The maximum absolute atomic E-state index is 12.3. The summed E-state index contributed by atoms with van der Waals surface area (Å²) in [6.45, 7) is 5.43. The van der Waals surface area contributed by atoms with E-state index in [2.05, 4.69) is 26.4 Å². The van der Waals surface area contributed by atoms with Crippen molar-refractivity contribution in [3.63, 3.8) is 0 Å². The fourth-order valence-electron chi connectivity index (χ4n) is 2.72. The van der Waals surface area contributed by atoms with Crippen molar-refractivity contribution in [1.29, 1.82) is 0 Å². The number of rotatable bonds is 6. The summed E-state index contributed by atoms with van der Waals surface area (Å²) in [6.07, 6.45) is 4.53. The summed E-state index contributed by atoms with van der Waals surface area (Å²) < 4.78 is 1.87. The molecule has 7 heteroatoms. The molecule has 2 heterocycles. The van der Waals surface area contributed by atoms with Gasteiger partial charge in [-0.25, -0.2) is 9.78 Å². The number of hydrogen-bond acceptors (Lipinski definition) is 3. The maximum atomic E-state index is 12.3. The van der Waals surface area contributed by atoms with E-state index in [1.807, 2.05) is 42.9 Å². The summed E-state index contributed by atoms with van der Waals surface area (Å²) in [5.41, 5.74) is 3.08. The van der Waals surface area contributed by atoms with E-state index in [1.54, 1.807) is 18.1 Å². The molecule has 7 nitrogen and oxygen atoms in total. The van der Waals surface area contributed by atoms with Crippen LogP contribution >= 0.6 is 0 Å². The van der Waals surface area contributed by atoms with Gasteiger partial charge in [0.2, 0.25) is 0 Å². The lowest BCUT2D eigenvalue weighted by Gasteiger charge is -2.20. The quantitative estimate of drug-likeness (QED) is 0.724. The molecule has 0 aliphatic carbocycles. The molecule has 0 saturated heterocycles. The monoisotopic (exact) mass is 340 g/mol. The minimum absolute atomic E-state index is 0.107. The number of carbonyl (C=O) groups excluding carboxylic acids is 1.